The lowest BCUT2D eigenvalue weighted by molar-refractivity contribution is -0.143. The summed E-state index contributed by atoms with van der Waals surface area (Å²) in [6.45, 7) is 4.85. The quantitative estimate of drug-likeness (QED) is 0.0321. The summed E-state index contributed by atoms with van der Waals surface area (Å²) >= 11 is 0. The fourth-order valence-electron chi connectivity index (χ4n) is 8.50. The molecule has 0 aromatic heterocycles. The van der Waals surface area contributed by atoms with Crippen molar-refractivity contribution in [2.75, 3.05) is 13.2 Å². The summed E-state index contributed by atoms with van der Waals surface area (Å²) < 4.78 is 5.44. The lowest BCUT2D eigenvalue weighted by atomic mass is 10.0. The largest absolute Gasteiger partial charge is 0.466 e. The van der Waals surface area contributed by atoms with Gasteiger partial charge in [0.15, 0.2) is 0 Å². The molecule has 3 N–H and O–H groups in total. The molecule has 6 nitrogen and oxygen atoms in total. The van der Waals surface area contributed by atoms with Crippen molar-refractivity contribution in [1.82, 2.24) is 5.32 Å². The summed E-state index contributed by atoms with van der Waals surface area (Å²) in [6, 6.07) is -0.640. The maximum absolute atomic E-state index is 12.5. The number of aliphatic hydroxyl groups is 2. The Hall–Kier alpha value is -1.92. The van der Waals surface area contributed by atoms with Gasteiger partial charge in [0.25, 0.3) is 0 Å². The molecule has 2 atom stereocenters. The molecule has 0 saturated heterocycles. The molecule has 0 aromatic carbocycles. The lowest BCUT2D eigenvalue weighted by Gasteiger charge is -2.20. The van der Waals surface area contributed by atoms with Crippen LogP contribution in [0.3, 0.4) is 0 Å². The average Bonchev–Trinajstić information content (AvgIpc) is 3.29. The number of allylic oxidation sites excluding steroid dienone is 5. The van der Waals surface area contributed by atoms with Crippen LogP contribution < -0.4 is 5.32 Å². The molecule has 0 aliphatic carbocycles. The Bertz CT molecular complexity index is 1040. The minimum Gasteiger partial charge on any atom is -0.466 e. The molecule has 0 heterocycles. The Kier molecular flexibility index (Phi) is 52.1. The van der Waals surface area contributed by atoms with Crippen LogP contribution in [-0.4, -0.2) is 47.4 Å². The van der Waals surface area contributed by atoms with Crippen LogP contribution in [-0.2, 0) is 14.3 Å². The summed E-state index contributed by atoms with van der Waals surface area (Å²) in [7, 11) is 0. The number of carbonyl (C=O) groups is 2. The van der Waals surface area contributed by atoms with Gasteiger partial charge in [0, 0.05) is 12.8 Å². The van der Waals surface area contributed by atoms with Gasteiger partial charge in [-0.25, -0.2) is 0 Å². The number of hydrogen-bond donors (Lipinski definition) is 3. The first kappa shape index (κ1) is 62.1. The molecular weight excluding hydrogens is 791 g/mol. The normalized spacial score (nSPS) is 12.9. The maximum Gasteiger partial charge on any atom is 0.305 e. The zero-order chi connectivity index (χ0) is 46.5. The van der Waals surface area contributed by atoms with E-state index in [1.54, 1.807) is 6.08 Å². The highest BCUT2D eigenvalue weighted by molar-refractivity contribution is 5.76. The van der Waals surface area contributed by atoms with Gasteiger partial charge in [0.05, 0.1) is 25.4 Å². The second kappa shape index (κ2) is 53.7. The molecule has 0 radical (unpaired) electrons. The fourth-order valence-corrected chi connectivity index (χ4v) is 8.50. The first-order chi connectivity index (χ1) is 31.5. The van der Waals surface area contributed by atoms with Gasteiger partial charge in [-0.2, -0.15) is 0 Å². The Labute approximate surface area is 398 Å². The molecule has 64 heavy (non-hydrogen) atoms. The second-order valence-corrected chi connectivity index (χ2v) is 19.3. The van der Waals surface area contributed by atoms with Crippen LogP contribution in [0, 0.1) is 0 Å². The third-order valence-corrected chi connectivity index (χ3v) is 12.9. The van der Waals surface area contributed by atoms with Crippen molar-refractivity contribution in [3.63, 3.8) is 0 Å². The Morgan fingerprint density at radius 3 is 1.14 bits per heavy atom. The maximum atomic E-state index is 12.5. The SMILES string of the molecule is CCCCC/C=C\CCCCCCCC(=O)OCCCCCC/C=C\CCCCCCCCCC(=O)NC(CO)C(O)/C=C/CCCCCCCCCCCCCCCCCCCC. The Morgan fingerprint density at radius 2 is 0.734 bits per heavy atom. The van der Waals surface area contributed by atoms with Crippen molar-refractivity contribution in [1.29, 1.82) is 0 Å². The molecule has 0 bridgehead atoms. The molecular formula is C58H109NO5. The van der Waals surface area contributed by atoms with E-state index in [0.717, 1.165) is 70.6 Å². The fraction of sp³-hybridized carbons (Fsp3) is 0.862. The first-order valence-electron chi connectivity index (χ1n) is 28.3. The van der Waals surface area contributed by atoms with Gasteiger partial charge in [-0.1, -0.05) is 237 Å². The predicted molar refractivity (Wildman–Crippen MR) is 278 cm³/mol. The van der Waals surface area contributed by atoms with Gasteiger partial charge in [0.2, 0.25) is 5.91 Å². The van der Waals surface area contributed by atoms with Crippen molar-refractivity contribution in [2.24, 2.45) is 0 Å². The third-order valence-electron chi connectivity index (χ3n) is 12.9. The van der Waals surface area contributed by atoms with Crippen LogP contribution >= 0.6 is 0 Å². The molecule has 0 aliphatic rings. The number of unbranched alkanes of at least 4 members (excludes halogenated alkanes) is 37. The van der Waals surface area contributed by atoms with Gasteiger partial charge in [0.1, 0.15) is 0 Å². The topological polar surface area (TPSA) is 95.9 Å². The van der Waals surface area contributed by atoms with Crippen LogP contribution in [0.2, 0.25) is 0 Å². The lowest BCUT2D eigenvalue weighted by Crippen LogP contribution is -2.45. The standard InChI is InChI=1S/C58H109NO5/c1-3-5-7-9-11-13-15-17-18-19-20-21-22-24-27-30-34-38-42-46-50-56(61)55(54-60)59-57(62)51-47-43-39-35-31-28-25-23-26-29-33-37-41-45-49-53-64-58(63)52-48-44-40-36-32-16-14-12-10-8-6-4-2/h12,14,26,29,46,50,55-56,60-61H,3-11,13,15-25,27-28,30-45,47-49,51-54H2,1-2H3,(H,59,62)/b14-12-,29-26-,50-46+. The molecule has 0 rings (SSSR count). The van der Waals surface area contributed by atoms with Crippen LogP contribution in [0.1, 0.15) is 296 Å². The van der Waals surface area contributed by atoms with Crippen LogP contribution in [0.5, 0.6) is 0 Å². The number of esters is 1. The molecule has 0 spiro atoms. The van der Waals surface area contributed by atoms with Crippen molar-refractivity contribution < 1.29 is 24.5 Å². The van der Waals surface area contributed by atoms with Gasteiger partial charge in [-0.05, 0) is 83.5 Å². The van der Waals surface area contributed by atoms with Crippen LogP contribution in [0.25, 0.3) is 0 Å². The number of ether oxygens (including phenoxy) is 1. The molecule has 6 heteroatoms. The second-order valence-electron chi connectivity index (χ2n) is 19.3. The summed E-state index contributed by atoms with van der Waals surface area (Å²) in [5.41, 5.74) is 0. The number of amides is 1. The number of nitrogens with one attached hydrogen (secondary N) is 1. The van der Waals surface area contributed by atoms with Gasteiger partial charge in [-0.15, -0.1) is 0 Å². The predicted octanol–water partition coefficient (Wildman–Crippen LogP) is 17.2. The van der Waals surface area contributed by atoms with E-state index in [9.17, 15) is 19.8 Å². The first-order valence-corrected chi connectivity index (χ1v) is 28.3. The van der Waals surface area contributed by atoms with E-state index in [1.807, 2.05) is 6.08 Å². The highest BCUT2D eigenvalue weighted by Gasteiger charge is 2.18. The van der Waals surface area contributed by atoms with Crippen molar-refractivity contribution in [3.05, 3.63) is 36.5 Å². The Morgan fingerprint density at radius 1 is 0.422 bits per heavy atom. The molecule has 1 amide bonds. The van der Waals surface area contributed by atoms with Crippen LogP contribution in [0.4, 0.5) is 0 Å². The zero-order valence-corrected chi connectivity index (χ0v) is 42.8. The van der Waals surface area contributed by atoms with E-state index in [4.69, 9.17) is 4.74 Å². The number of carbonyl (C=O) groups excluding carboxylic acids is 2. The molecule has 0 saturated carbocycles. The van der Waals surface area contributed by atoms with Gasteiger partial charge >= 0.3 is 5.97 Å². The minimum atomic E-state index is -0.855. The Balaban J connectivity index is 3.52. The number of rotatable bonds is 52. The summed E-state index contributed by atoms with van der Waals surface area (Å²) in [6.07, 6.45) is 65.9. The summed E-state index contributed by atoms with van der Waals surface area (Å²) in [5, 5.41) is 23.1. The van der Waals surface area contributed by atoms with E-state index in [2.05, 4.69) is 43.5 Å². The molecule has 0 aliphatic heterocycles. The van der Waals surface area contributed by atoms with Crippen molar-refractivity contribution in [3.8, 4) is 0 Å². The van der Waals surface area contributed by atoms with E-state index in [1.165, 1.54) is 199 Å². The highest BCUT2D eigenvalue weighted by Crippen LogP contribution is 2.16. The third kappa shape index (κ3) is 49.5. The van der Waals surface area contributed by atoms with E-state index in [-0.39, 0.29) is 18.5 Å². The van der Waals surface area contributed by atoms with Crippen molar-refractivity contribution in [2.45, 2.75) is 309 Å². The monoisotopic (exact) mass is 900 g/mol. The van der Waals surface area contributed by atoms with Gasteiger partial charge in [-0.3, -0.25) is 9.59 Å². The molecule has 376 valence electrons. The molecule has 0 fully saturated rings. The summed E-state index contributed by atoms with van der Waals surface area (Å²) in [5.74, 6) is -0.104. The smallest absolute Gasteiger partial charge is 0.305 e. The molecule has 0 aromatic rings. The molecule has 2 unspecified atom stereocenters. The number of aliphatic hydroxyl groups excluding tert-OH is 2. The van der Waals surface area contributed by atoms with Crippen LogP contribution in [0.15, 0.2) is 36.5 Å². The average molecular weight is 901 g/mol. The van der Waals surface area contributed by atoms with Crippen molar-refractivity contribution >= 4 is 11.9 Å². The van der Waals surface area contributed by atoms with E-state index >= 15 is 0 Å². The summed E-state index contributed by atoms with van der Waals surface area (Å²) in [4.78, 5) is 24.5. The van der Waals surface area contributed by atoms with E-state index in [0.29, 0.717) is 19.4 Å². The minimum absolute atomic E-state index is 0.0214. The number of hydrogen-bond acceptors (Lipinski definition) is 5. The van der Waals surface area contributed by atoms with Gasteiger partial charge < -0.3 is 20.3 Å². The zero-order valence-electron chi connectivity index (χ0n) is 42.8. The van der Waals surface area contributed by atoms with E-state index < -0.39 is 12.1 Å². The highest BCUT2D eigenvalue weighted by atomic mass is 16.5.